The van der Waals surface area contributed by atoms with Crippen molar-refractivity contribution in [2.24, 2.45) is 0 Å². The van der Waals surface area contributed by atoms with E-state index < -0.39 is 17.9 Å². The minimum absolute atomic E-state index is 0.0876. The molecule has 90 valence electrons. The summed E-state index contributed by atoms with van der Waals surface area (Å²) in [4.78, 5) is 32.2. The average Bonchev–Trinajstić information content (AvgIpc) is 2.27. The fraction of sp³-hybridized carbons (Fsp3) is 0.182. The van der Waals surface area contributed by atoms with Gasteiger partial charge in [0, 0.05) is 0 Å². The van der Waals surface area contributed by atoms with E-state index in [9.17, 15) is 14.4 Å². The minimum Gasteiger partial charge on any atom is -0.481 e. The van der Waals surface area contributed by atoms with Crippen LogP contribution in [0.4, 0.5) is 0 Å². The number of benzene rings is 1. The van der Waals surface area contributed by atoms with Crippen LogP contribution in [0.2, 0.25) is 0 Å². The minimum atomic E-state index is -1.22. The third kappa shape index (κ3) is 3.94. The number of carboxylic acids is 2. The summed E-state index contributed by atoms with van der Waals surface area (Å²) in [6.45, 7) is 0. The molecule has 6 heteroatoms. The fourth-order valence-electron chi connectivity index (χ4n) is 1.11. The van der Waals surface area contributed by atoms with Crippen molar-refractivity contribution in [1.29, 1.82) is 0 Å². The molecule has 17 heavy (non-hydrogen) atoms. The first-order valence-electron chi connectivity index (χ1n) is 4.75. The van der Waals surface area contributed by atoms with E-state index in [1.54, 1.807) is 0 Å². The van der Waals surface area contributed by atoms with Crippen molar-refractivity contribution >= 4 is 17.9 Å². The van der Waals surface area contributed by atoms with Gasteiger partial charge in [-0.05, 0) is 12.1 Å². The summed E-state index contributed by atoms with van der Waals surface area (Å²) in [5.74, 6) is -3.20. The summed E-state index contributed by atoms with van der Waals surface area (Å²) in [5, 5.41) is 17.2. The monoisotopic (exact) mass is 238 g/mol. The lowest BCUT2D eigenvalue weighted by Gasteiger charge is -2.06. The SMILES string of the molecule is O=C(O)CCC(=O)Oc1ccccc1C(=O)O. The number of esters is 1. The van der Waals surface area contributed by atoms with Gasteiger partial charge in [0.2, 0.25) is 0 Å². The fourth-order valence-corrected chi connectivity index (χ4v) is 1.11. The number of rotatable bonds is 5. The number of carbonyl (C=O) groups is 3. The Bertz CT molecular complexity index is 451. The molecule has 0 heterocycles. The molecule has 0 aliphatic carbocycles. The molecular weight excluding hydrogens is 228 g/mol. The number of aliphatic carboxylic acids is 1. The molecular formula is C11H10O6. The summed E-state index contributed by atoms with van der Waals surface area (Å²) in [7, 11) is 0. The molecule has 0 saturated carbocycles. The molecule has 0 amide bonds. The maximum Gasteiger partial charge on any atom is 0.339 e. The molecule has 0 bridgehead atoms. The maximum absolute atomic E-state index is 11.2. The zero-order valence-corrected chi connectivity index (χ0v) is 8.75. The Morgan fingerprint density at radius 3 is 2.29 bits per heavy atom. The number of hydrogen-bond acceptors (Lipinski definition) is 4. The third-order valence-corrected chi connectivity index (χ3v) is 1.88. The highest BCUT2D eigenvalue weighted by molar-refractivity contribution is 5.92. The van der Waals surface area contributed by atoms with E-state index in [1.807, 2.05) is 0 Å². The van der Waals surface area contributed by atoms with E-state index in [2.05, 4.69) is 0 Å². The first kappa shape index (κ1) is 12.7. The van der Waals surface area contributed by atoms with Crippen LogP contribution in [0.25, 0.3) is 0 Å². The van der Waals surface area contributed by atoms with E-state index >= 15 is 0 Å². The third-order valence-electron chi connectivity index (χ3n) is 1.88. The molecule has 6 nitrogen and oxygen atoms in total. The molecule has 0 fully saturated rings. The number of para-hydroxylation sites is 1. The zero-order chi connectivity index (χ0) is 12.8. The highest BCUT2D eigenvalue weighted by atomic mass is 16.5. The molecule has 0 saturated heterocycles. The first-order chi connectivity index (χ1) is 8.00. The summed E-state index contributed by atoms with van der Waals surface area (Å²) >= 11 is 0. The number of ether oxygens (including phenoxy) is 1. The van der Waals surface area contributed by atoms with E-state index in [1.165, 1.54) is 24.3 Å². The lowest BCUT2D eigenvalue weighted by atomic mass is 10.2. The quantitative estimate of drug-likeness (QED) is 0.589. The molecule has 0 atom stereocenters. The topological polar surface area (TPSA) is 101 Å². The average molecular weight is 238 g/mol. The van der Waals surface area contributed by atoms with Crippen LogP contribution in [-0.2, 0) is 9.59 Å². The van der Waals surface area contributed by atoms with Crippen molar-refractivity contribution < 1.29 is 29.3 Å². The number of hydrogen-bond donors (Lipinski definition) is 2. The van der Waals surface area contributed by atoms with Gasteiger partial charge in [0.1, 0.15) is 11.3 Å². The van der Waals surface area contributed by atoms with E-state index in [-0.39, 0.29) is 24.2 Å². The van der Waals surface area contributed by atoms with Crippen molar-refractivity contribution in [3.05, 3.63) is 29.8 Å². The van der Waals surface area contributed by atoms with Crippen LogP contribution in [0.1, 0.15) is 23.2 Å². The van der Waals surface area contributed by atoms with Crippen LogP contribution in [0, 0.1) is 0 Å². The molecule has 0 radical (unpaired) electrons. The summed E-state index contributed by atoms with van der Waals surface area (Å²) in [5.41, 5.74) is -0.142. The summed E-state index contributed by atoms with van der Waals surface area (Å²) in [6.07, 6.45) is -0.655. The van der Waals surface area contributed by atoms with Crippen LogP contribution in [0.5, 0.6) is 5.75 Å². The molecule has 0 aliphatic rings. The van der Waals surface area contributed by atoms with Crippen LogP contribution >= 0.6 is 0 Å². The lowest BCUT2D eigenvalue weighted by molar-refractivity contribution is -0.142. The van der Waals surface area contributed by atoms with Crippen LogP contribution in [0.15, 0.2) is 24.3 Å². The Morgan fingerprint density at radius 1 is 1.06 bits per heavy atom. The summed E-state index contributed by atoms with van der Waals surface area (Å²) < 4.78 is 4.77. The van der Waals surface area contributed by atoms with E-state index in [4.69, 9.17) is 14.9 Å². The van der Waals surface area contributed by atoms with Gasteiger partial charge >= 0.3 is 17.9 Å². The van der Waals surface area contributed by atoms with Gasteiger partial charge in [0.05, 0.1) is 12.8 Å². The highest BCUT2D eigenvalue weighted by Gasteiger charge is 2.14. The van der Waals surface area contributed by atoms with Gasteiger partial charge in [-0.25, -0.2) is 4.79 Å². The van der Waals surface area contributed by atoms with Crippen LogP contribution in [0.3, 0.4) is 0 Å². The smallest absolute Gasteiger partial charge is 0.339 e. The van der Waals surface area contributed by atoms with Gasteiger partial charge in [0.25, 0.3) is 0 Å². The van der Waals surface area contributed by atoms with Crippen LogP contribution in [-0.4, -0.2) is 28.1 Å². The van der Waals surface area contributed by atoms with Gasteiger partial charge in [0.15, 0.2) is 0 Å². The predicted octanol–water partition coefficient (Wildman–Crippen LogP) is 1.16. The first-order valence-corrected chi connectivity index (χ1v) is 4.75. The maximum atomic E-state index is 11.2. The lowest BCUT2D eigenvalue weighted by Crippen LogP contribution is -2.12. The van der Waals surface area contributed by atoms with Crippen LogP contribution < -0.4 is 4.74 Å². The Labute approximate surface area is 96.4 Å². The van der Waals surface area contributed by atoms with E-state index in [0.717, 1.165) is 0 Å². The molecule has 1 rings (SSSR count). The second-order valence-electron chi connectivity index (χ2n) is 3.17. The predicted molar refractivity (Wildman–Crippen MR) is 55.9 cm³/mol. The molecule has 0 unspecified atom stereocenters. The molecule has 2 N–H and O–H groups in total. The standard InChI is InChI=1S/C11H10O6/c12-9(13)5-6-10(14)17-8-4-2-1-3-7(8)11(15)16/h1-4H,5-6H2,(H,12,13)(H,15,16). The van der Waals surface area contributed by atoms with Crippen molar-refractivity contribution in [2.45, 2.75) is 12.8 Å². The molecule has 0 spiro atoms. The van der Waals surface area contributed by atoms with Gasteiger partial charge in [-0.1, -0.05) is 12.1 Å². The Balaban J connectivity index is 2.71. The van der Waals surface area contributed by atoms with Crippen molar-refractivity contribution in [2.75, 3.05) is 0 Å². The van der Waals surface area contributed by atoms with Crippen molar-refractivity contribution in [3.8, 4) is 5.75 Å². The molecule has 0 aromatic heterocycles. The normalized spacial score (nSPS) is 9.65. The second-order valence-corrected chi connectivity index (χ2v) is 3.17. The Hall–Kier alpha value is -2.37. The summed E-state index contributed by atoms with van der Waals surface area (Å²) in [6, 6.07) is 5.65. The molecule has 0 aliphatic heterocycles. The van der Waals surface area contributed by atoms with Gasteiger partial charge in [-0.3, -0.25) is 9.59 Å². The van der Waals surface area contributed by atoms with Crippen molar-refractivity contribution in [3.63, 3.8) is 0 Å². The Morgan fingerprint density at radius 2 is 1.71 bits per heavy atom. The van der Waals surface area contributed by atoms with Crippen molar-refractivity contribution in [1.82, 2.24) is 0 Å². The molecule has 1 aromatic rings. The van der Waals surface area contributed by atoms with Gasteiger partial charge < -0.3 is 14.9 Å². The Kier molecular flexibility index (Phi) is 4.21. The van der Waals surface area contributed by atoms with Gasteiger partial charge in [-0.15, -0.1) is 0 Å². The number of aromatic carboxylic acids is 1. The molecule has 1 aromatic carbocycles. The van der Waals surface area contributed by atoms with E-state index in [0.29, 0.717) is 0 Å². The number of carboxylic acid groups (broad SMARTS) is 2. The largest absolute Gasteiger partial charge is 0.481 e. The van der Waals surface area contributed by atoms with Gasteiger partial charge in [-0.2, -0.15) is 0 Å². The number of carbonyl (C=O) groups excluding carboxylic acids is 1. The highest BCUT2D eigenvalue weighted by Crippen LogP contribution is 2.18. The zero-order valence-electron chi connectivity index (χ0n) is 8.75. The second kappa shape index (κ2) is 5.64.